The Balaban J connectivity index is 1.65. The summed E-state index contributed by atoms with van der Waals surface area (Å²) in [4.78, 5) is 24.2. The zero-order valence-electron chi connectivity index (χ0n) is 13.6. The van der Waals surface area contributed by atoms with Crippen LogP contribution in [0.15, 0.2) is 41.1 Å². The lowest BCUT2D eigenvalue weighted by Gasteiger charge is -2.09. The van der Waals surface area contributed by atoms with Gasteiger partial charge in [-0.2, -0.15) is 26.3 Å². The highest BCUT2D eigenvalue weighted by atomic mass is 32.1. The number of nitrogen functional groups attached to an aromatic ring is 1. The van der Waals surface area contributed by atoms with Crippen molar-refractivity contribution in [2.24, 2.45) is 0 Å². The third-order valence-corrected chi connectivity index (χ3v) is 4.11. The molecule has 0 radical (unpaired) electrons. The third kappa shape index (κ3) is 4.74. The SMILES string of the molecule is Cc1ccccc1Nc1nc(N)nc(COC(=O)Cc2ccsc2)n1. The maximum absolute atomic E-state index is 11.9. The van der Waals surface area contributed by atoms with E-state index in [2.05, 4.69) is 20.3 Å². The molecule has 8 heteroatoms. The van der Waals surface area contributed by atoms with Crippen molar-refractivity contribution >= 4 is 34.9 Å². The van der Waals surface area contributed by atoms with E-state index in [9.17, 15) is 4.79 Å². The van der Waals surface area contributed by atoms with Gasteiger partial charge in [-0.3, -0.25) is 4.79 Å². The van der Waals surface area contributed by atoms with E-state index in [4.69, 9.17) is 10.5 Å². The van der Waals surface area contributed by atoms with E-state index < -0.39 is 0 Å². The van der Waals surface area contributed by atoms with E-state index >= 15 is 0 Å². The second-order valence-corrected chi connectivity index (χ2v) is 6.12. The Hall–Kier alpha value is -3.00. The molecule has 25 heavy (non-hydrogen) atoms. The Kier molecular flexibility index (Phi) is 5.20. The summed E-state index contributed by atoms with van der Waals surface area (Å²) < 4.78 is 5.21. The smallest absolute Gasteiger partial charge is 0.310 e. The maximum Gasteiger partial charge on any atom is 0.310 e. The molecule has 0 aliphatic rings. The van der Waals surface area contributed by atoms with Crippen LogP contribution in [-0.2, 0) is 22.6 Å². The molecule has 3 N–H and O–H groups in total. The topological polar surface area (TPSA) is 103 Å². The van der Waals surface area contributed by atoms with Gasteiger partial charge in [0.25, 0.3) is 0 Å². The number of benzene rings is 1. The van der Waals surface area contributed by atoms with Gasteiger partial charge in [-0.1, -0.05) is 18.2 Å². The summed E-state index contributed by atoms with van der Waals surface area (Å²) in [5.41, 5.74) is 8.56. The highest BCUT2D eigenvalue weighted by Crippen LogP contribution is 2.18. The van der Waals surface area contributed by atoms with Crippen LogP contribution in [0.1, 0.15) is 17.0 Å². The van der Waals surface area contributed by atoms with E-state index in [-0.39, 0.29) is 24.9 Å². The van der Waals surface area contributed by atoms with Crippen LogP contribution in [0.5, 0.6) is 0 Å². The van der Waals surface area contributed by atoms with Gasteiger partial charge in [0, 0.05) is 5.69 Å². The predicted octanol–water partition coefficient (Wildman–Crippen LogP) is 2.85. The van der Waals surface area contributed by atoms with Crippen molar-refractivity contribution in [2.45, 2.75) is 20.0 Å². The van der Waals surface area contributed by atoms with Crippen molar-refractivity contribution in [3.8, 4) is 0 Å². The second-order valence-electron chi connectivity index (χ2n) is 5.34. The maximum atomic E-state index is 11.9. The van der Waals surface area contributed by atoms with Crippen molar-refractivity contribution in [2.75, 3.05) is 11.1 Å². The minimum Gasteiger partial charge on any atom is -0.457 e. The number of para-hydroxylation sites is 1. The molecular formula is C17H17N5O2S. The van der Waals surface area contributed by atoms with E-state index in [0.29, 0.717) is 11.8 Å². The molecule has 0 bridgehead atoms. The highest BCUT2D eigenvalue weighted by Gasteiger charge is 2.10. The molecule has 0 spiro atoms. The molecule has 0 fully saturated rings. The highest BCUT2D eigenvalue weighted by molar-refractivity contribution is 7.07. The molecular weight excluding hydrogens is 338 g/mol. The summed E-state index contributed by atoms with van der Waals surface area (Å²) in [6.45, 7) is 1.91. The van der Waals surface area contributed by atoms with Gasteiger partial charge in [0.1, 0.15) is 0 Å². The zero-order valence-corrected chi connectivity index (χ0v) is 14.4. The van der Waals surface area contributed by atoms with Crippen molar-refractivity contribution in [3.63, 3.8) is 0 Å². The number of rotatable bonds is 6. The van der Waals surface area contributed by atoms with Crippen molar-refractivity contribution in [3.05, 3.63) is 58.0 Å². The summed E-state index contributed by atoms with van der Waals surface area (Å²) >= 11 is 1.54. The van der Waals surface area contributed by atoms with E-state index in [1.54, 1.807) is 0 Å². The monoisotopic (exact) mass is 355 g/mol. The van der Waals surface area contributed by atoms with Gasteiger partial charge < -0.3 is 15.8 Å². The number of hydrogen-bond acceptors (Lipinski definition) is 8. The number of ether oxygens (including phenoxy) is 1. The molecule has 7 nitrogen and oxygen atoms in total. The molecule has 2 heterocycles. The molecule has 3 rings (SSSR count). The van der Waals surface area contributed by atoms with Crippen molar-refractivity contribution in [1.82, 2.24) is 15.0 Å². The average molecular weight is 355 g/mol. The first-order chi connectivity index (χ1) is 12.1. The fraction of sp³-hybridized carbons (Fsp3) is 0.176. The Bertz CT molecular complexity index is 867. The Morgan fingerprint density at radius 2 is 2.08 bits per heavy atom. The quantitative estimate of drug-likeness (QED) is 0.655. The lowest BCUT2D eigenvalue weighted by atomic mass is 10.2. The van der Waals surface area contributed by atoms with E-state index in [0.717, 1.165) is 16.8 Å². The fourth-order valence-electron chi connectivity index (χ4n) is 2.15. The minimum atomic E-state index is -0.342. The second kappa shape index (κ2) is 7.71. The number of nitrogens with one attached hydrogen (secondary N) is 1. The lowest BCUT2D eigenvalue weighted by molar-refractivity contribution is -0.144. The number of thiophene rings is 1. The van der Waals surface area contributed by atoms with Crippen LogP contribution in [0.2, 0.25) is 0 Å². The van der Waals surface area contributed by atoms with E-state index in [1.807, 2.05) is 48.0 Å². The molecule has 0 amide bonds. The first-order valence-electron chi connectivity index (χ1n) is 7.60. The summed E-state index contributed by atoms with van der Waals surface area (Å²) in [5.74, 6) is 0.328. The standard InChI is InChI=1S/C17H17N5O2S/c1-11-4-2-3-5-13(11)19-17-21-14(20-16(18)22-17)9-24-15(23)8-12-6-7-25-10-12/h2-7,10H,8-9H2,1H3,(H3,18,19,20,21,22). The number of esters is 1. The molecule has 2 aromatic heterocycles. The molecule has 0 aliphatic heterocycles. The Labute approximate surface area is 148 Å². The van der Waals surface area contributed by atoms with Gasteiger partial charge in [0.05, 0.1) is 6.42 Å². The molecule has 0 aliphatic carbocycles. The van der Waals surface area contributed by atoms with Gasteiger partial charge >= 0.3 is 5.97 Å². The van der Waals surface area contributed by atoms with Gasteiger partial charge in [0.15, 0.2) is 12.4 Å². The number of nitrogens with zero attached hydrogens (tertiary/aromatic N) is 3. The number of nitrogens with two attached hydrogens (primary N) is 1. The lowest BCUT2D eigenvalue weighted by Crippen LogP contribution is -2.12. The van der Waals surface area contributed by atoms with Crippen LogP contribution < -0.4 is 11.1 Å². The Morgan fingerprint density at radius 3 is 2.84 bits per heavy atom. The summed E-state index contributed by atoms with van der Waals surface area (Å²) in [6.07, 6.45) is 0.221. The summed E-state index contributed by atoms with van der Waals surface area (Å²) in [6, 6.07) is 9.63. The molecule has 1 aromatic carbocycles. The number of hydrogen-bond donors (Lipinski definition) is 2. The summed E-state index contributed by atoms with van der Waals surface area (Å²) in [7, 11) is 0. The molecule has 0 saturated heterocycles. The molecule has 0 unspecified atom stereocenters. The summed E-state index contributed by atoms with van der Waals surface area (Å²) in [5, 5.41) is 6.92. The number of aromatic nitrogens is 3. The number of aryl methyl sites for hydroxylation is 1. The Morgan fingerprint density at radius 1 is 1.24 bits per heavy atom. The van der Waals surface area contributed by atoms with Crippen LogP contribution in [0.3, 0.4) is 0 Å². The van der Waals surface area contributed by atoms with Crippen LogP contribution in [0.4, 0.5) is 17.6 Å². The largest absolute Gasteiger partial charge is 0.457 e. The van der Waals surface area contributed by atoms with E-state index in [1.165, 1.54) is 11.3 Å². The van der Waals surface area contributed by atoms with Gasteiger partial charge in [-0.05, 0) is 40.9 Å². The molecule has 0 saturated carbocycles. The minimum absolute atomic E-state index is 0.0574. The third-order valence-electron chi connectivity index (χ3n) is 3.38. The number of carbonyl (C=O) groups is 1. The van der Waals surface area contributed by atoms with Crippen LogP contribution >= 0.6 is 11.3 Å². The van der Waals surface area contributed by atoms with Gasteiger partial charge in [-0.25, -0.2) is 0 Å². The fourth-order valence-corrected chi connectivity index (χ4v) is 2.82. The van der Waals surface area contributed by atoms with Crippen LogP contribution in [-0.4, -0.2) is 20.9 Å². The van der Waals surface area contributed by atoms with Gasteiger partial charge in [-0.15, -0.1) is 0 Å². The molecule has 128 valence electrons. The number of carbonyl (C=O) groups excluding carboxylic acids is 1. The predicted molar refractivity (Wildman–Crippen MR) is 96.5 cm³/mol. The van der Waals surface area contributed by atoms with Crippen molar-refractivity contribution in [1.29, 1.82) is 0 Å². The first kappa shape index (κ1) is 16.8. The average Bonchev–Trinajstić information content (AvgIpc) is 3.08. The van der Waals surface area contributed by atoms with Crippen LogP contribution in [0.25, 0.3) is 0 Å². The normalized spacial score (nSPS) is 10.4. The molecule has 0 atom stereocenters. The number of anilines is 3. The van der Waals surface area contributed by atoms with Gasteiger partial charge in [0.2, 0.25) is 11.9 Å². The zero-order chi connectivity index (χ0) is 17.6. The van der Waals surface area contributed by atoms with Crippen molar-refractivity contribution < 1.29 is 9.53 Å². The first-order valence-corrected chi connectivity index (χ1v) is 8.54. The molecule has 3 aromatic rings. The van der Waals surface area contributed by atoms with Crippen LogP contribution in [0, 0.1) is 6.92 Å².